The van der Waals surface area contributed by atoms with E-state index in [2.05, 4.69) is 15.0 Å². The third-order valence-electron chi connectivity index (χ3n) is 8.45. The van der Waals surface area contributed by atoms with Crippen molar-refractivity contribution in [2.45, 2.75) is 38.4 Å². The molecule has 0 spiro atoms. The topological polar surface area (TPSA) is 118 Å². The number of esters is 3. The van der Waals surface area contributed by atoms with Gasteiger partial charge in [-0.05, 0) is 79.2 Å². The van der Waals surface area contributed by atoms with Crippen LogP contribution >= 0.6 is 0 Å². The van der Waals surface area contributed by atoms with Crippen molar-refractivity contribution >= 4 is 17.9 Å². The number of carbonyl (C=O) groups is 3. The van der Waals surface area contributed by atoms with Gasteiger partial charge >= 0.3 is 17.9 Å². The molecule has 6 aromatic rings. The van der Waals surface area contributed by atoms with Gasteiger partial charge in [-0.15, -0.1) is 0 Å². The number of pyridine rings is 3. The third-order valence-corrected chi connectivity index (χ3v) is 8.45. The lowest BCUT2D eigenvalue weighted by molar-refractivity contribution is -0.00817. The van der Waals surface area contributed by atoms with Gasteiger partial charge in [0.1, 0.15) is 12.2 Å². The fourth-order valence-electron chi connectivity index (χ4n) is 5.55. The van der Waals surface area contributed by atoms with Crippen molar-refractivity contribution < 1.29 is 28.6 Å². The predicted molar refractivity (Wildman–Crippen MR) is 197 cm³/mol. The van der Waals surface area contributed by atoms with Gasteiger partial charge in [0.25, 0.3) is 0 Å². The summed E-state index contributed by atoms with van der Waals surface area (Å²) < 4.78 is 17.5. The molecule has 52 heavy (non-hydrogen) atoms. The summed E-state index contributed by atoms with van der Waals surface area (Å²) in [6.07, 6.45) is 4.74. The van der Waals surface area contributed by atoms with Crippen LogP contribution < -0.4 is 0 Å². The molecule has 260 valence electrons. The van der Waals surface area contributed by atoms with Gasteiger partial charge in [-0.25, -0.2) is 14.4 Å². The maximum absolute atomic E-state index is 13.4. The van der Waals surface area contributed by atoms with Crippen LogP contribution in [-0.2, 0) is 14.2 Å². The third kappa shape index (κ3) is 9.39. The van der Waals surface area contributed by atoms with Crippen LogP contribution in [-0.4, -0.2) is 51.7 Å². The minimum absolute atomic E-state index is 0.0171. The Morgan fingerprint density at radius 2 is 0.885 bits per heavy atom. The van der Waals surface area contributed by atoms with Gasteiger partial charge < -0.3 is 14.2 Å². The summed E-state index contributed by atoms with van der Waals surface area (Å²) in [5.41, 5.74) is 6.13. The molecular weight excluding hydrogens is 654 g/mol. The molecule has 0 bridgehead atoms. The Bertz CT molecular complexity index is 2060. The number of benzene rings is 3. The Balaban J connectivity index is 1.11. The largest absolute Gasteiger partial charge is 0.462 e. The number of ether oxygens (including phenoxy) is 3. The zero-order chi connectivity index (χ0) is 36.1. The van der Waals surface area contributed by atoms with Gasteiger partial charge in [-0.1, -0.05) is 61.5 Å². The van der Waals surface area contributed by atoms with Gasteiger partial charge in [0.05, 0.1) is 40.4 Å². The number of hydrogen-bond donors (Lipinski definition) is 0. The van der Waals surface area contributed by atoms with Gasteiger partial charge in [0.15, 0.2) is 0 Å². The van der Waals surface area contributed by atoms with Crippen molar-refractivity contribution in [3.63, 3.8) is 0 Å². The first kappa shape index (κ1) is 35.3. The van der Waals surface area contributed by atoms with Gasteiger partial charge in [-0.3, -0.25) is 15.0 Å². The minimum atomic E-state index is -0.716. The predicted octanol–water partition coefficient (Wildman–Crippen LogP) is 8.67. The van der Waals surface area contributed by atoms with Crippen LogP contribution in [0.5, 0.6) is 0 Å². The molecule has 0 saturated carbocycles. The molecule has 0 aliphatic carbocycles. The number of aromatic nitrogens is 3. The van der Waals surface area contributed by atoms with Crippen LogP contribution in [0.2, 0.25) is 0 Å². The molecule has 0 aliphatic rings. The Morgan fingerprint density at radius 1 is 0.500 bits per heavy atom. The lowest BCUT2D eigenvalue weighted by atomic mass is 10.1. The highest BCUT2D eigenvalue weighted by molar-refractivity contribution is 5.91. The highest BCUT2D eigenvalue weighted by Gasteiger charge is 2.24. The van der Waals surface area contributed by atoms with E-state index in [0.29, 0.717) is 23.1 Å². The summed E-state index contributed by atoms with van der Waals surface area (Å²) in [5, 5.41) is 0. The first-order valence-corrected chi connectivity index (χ1v) is 17.1. The maximum Gasteiger partial charge on any atom is 0.338 e. The molecule has 6 rings (SSSR count). The monoisotopic (exact) mass is 691 g/mol. The molecule has 3 aromatic heterocycles. The van der Waals surface area contributed by atoms with Gasteiger partial charge in [-0.2, -0.15) is 0 Å². The summed E-state index contributed by atoms with van der Waals surface area (Å²) in [7, 11) is 0. The molecule has 2 unspecified atom stereocenters. The average Bonchev–Trinajstić information content (AvgIpc) is 3.21. The van der Waals surface area contributed by atoms with Crippen LogP contribution in [0.4, 0.5) is 0 Å². The van der Waals surface area contributed by atoms with E-state index < -0.39 is 30.1 Å². The van der Waals surface area contributed by atoms with E-state index in [1.54, 1.807) is 55.0 Å². The summed E-state index contributed by atoms with van der Waals surface area (Å²) in [6.45, 7) is 1.88. The number of carbonyl (C=O) groups excluding carboxylic acids is 3. The number of nitrogens with zero attached hydrogens (tertiary/aromatic N) is 3. The zero-order valence-electron chi connectivity index (χ0n) is 28.6. The fraction of sp³-hybridized carbons (Fsp3) is 0.163. The van der Waals surface area contributed by atoms with Crippen molar-refractivity contribution in [3.05, 3.63) is 163 Å². The fourth-order valence-corrected chi connectivity index (χ4v) is 5.55. The van der Waals surface area contributed by atoms with E-state index in [0.717, 1.165) is 33.8 Å². The highest BCUT2D eigenvalue weighted by atomic mass is 16.6. The van der Waals surface area contributed by atoms with Crippen molar-refractivity contribution in [2.24, 2.45) is 0 Å². The van der Waals surface area contributed by atoms with E-state index in [1.807, 2.05) is 97.9 Å². The normalized spacial score (nSPS) is 11.9. The molecule has 0 aliphatic heterocycles. The number of rotatable bonds is 14. The Labute approximate surface area is 302 Å². The molecule has 0 fully saturated rings. The van der Waals surface area contributed by atoms with Crippen molar-refractivity contribution in [2.75, 3.05) is 6.61 Å². The minimum Gasteiger partial charge on any atom is -0.462 e. The van der Waals surface area contributed by atoms with Crippen molar-refractivity contribution in [3.8, 4) is 33.8 Å². The van der Waals surface area contributed by atoms with Crippen LogP contribution in [0.25, 0.3) is 33.8 Å². The van der Waals surface area contributed by atoms with E-state index in [-0.39, 0.29) is 19.4 Å². The van der Waals surface area contributed by atoms with Crippen LogP contribution in [0, 0.1) is 0 Å². The second-order valence-corrected chi connectivity index (χ2v) is 12.0. The molecular formula is C43H37N3O6. The van der Waals surface area contributed by atoms with Crippen molar-refractivity contribution in [1.29, 1.82) is 0 Å². The zero-order valence-corrected chi connectivity index (χ0v) is 28.6. The smallest absolute Gasteiger partial charge is 0.338 e. The second kappa shape index (κ2) is 17.4. The van der Waals surface area contributed by atoms with E-state index in [4.69, 9.17) is 14.2 Å². The summed E-state index contributed by atoms with van der Waals surface area (Å²) >= 11 is 0. The maximum atomic E-state index is 13.4. The van der Waals surface area contributed by atoms with Gasteiger partial charge in [0.2, 0.25) is 0 Å². The summed E-state index contributed by atoms with van der Waals surface area (Å²) in [5.74, 6) is -1.54. The molecule has 0 N–H and O–H groups in total. The Morgan fingerprint density at radius 3 is 1.25 bits per heavy atom. The first-order valence-electron chi connectivity index (χ1n) is 17.1. The molecule has 3 aromatic carbocycles. The first-order chi connectivity index (χ1) is 25.5. The highest BCUT2D eigenvalue weighted by Crippen LogP contribution is 2.23. The quantitative estimate of drug-likeness (QED) is 0.0817. The second-order valence-electron chi connectivity index (χ2n) is 12.0. The van der Waals surface area contributed by atoms with Crippen LogP contribution in [0.15, 0.2) is 146 Å². The van der Waals surface area contributed by atoms with E-state index >= 15 is 0 Å². The van der Waals surface area contributed by atoms with E-state index in [9.17, 15) is 14.4 Å². The molecule has 2 atom stereocenters. The molecule has 9 nitrogen and oxygen atoms in total. The summed E-state index contributed by atoms with van der Waals surface area (Å²) in [6, 6.07) is 37.9. The standard InChI is InChI=1S/C43H37N3O6/c1-2-36(51-42(48)34-20-14-31(15-21-34)39-10-4-7-26-45-39)29-37(52-43(49)35-22-16-32(17-23-35)40-11-5-8-27-46-40)24-28-50-41(47)33-18-12-30(13-19-33)38-9-3-6-25-44-38/h3-23,25-27,36-37H,2,24,28-29H2,1H3. The average molecular weight is 692 g/mol. The Hall–Kier alpha value is -6.48. The lowest BCUT2D eigenvalue weighted by Crippen LogP contribution is -2.28. The molecule has 3 heterocycles. The molecule has 0 amide bonds. The Kier molecular flexibility index (Phi) is 11.9. The number of hydrogen-bond acceptors (Lipinski definition) is 9. The van der Waals surface area contributed by atoms with E-state index in [1.165, 1.54) is 0 Å². The van der Waals surface area contributed by atoms with Crippen LogP contribution in [0.1, 0.15) is 57.3 Å². The molecule has 9 heteroatoms. The molecule has 0 radical (unpaired) electrons. The molecule has 0 saturated heterocycles. The van der Waals surface area contributed by atoms with Crippen molar-refractivity contribution in [1.82, 2.24) is 15.0 Å². The van der Waals surface area contributed by atoms with Crippen LogP contribution in [0.3, 0.4) is 0 Å². The SMILES string of the molecule is CCC(CC(CCOC(=O)c1ccc(-c2ccccn2)cc1)OC(=O)c1ccc(-c2ccccn2)cc1)OC(=O)c1ccc(-c2ccccn2)cc1. The van der Waals surface area contributed by atoms with Gasteiger partial charge in [0, 0.05) is 48.1 Å². The summed E-state index contributed by atoms with van der Waals surface area (Å²) in [4.78, 5) is 52.6. The lowest BCUT2D eigenvalue weighted by Gasteiger charge is -2.23.